The molecular formula is C8H16N2O2. The van der Waals surface area contributed by atoms with Crippen LogP contribution in [0.25, 0.3) is 0 Å². The van der Waals surface area contributed by atoms with Crippen molar-refractivity contribution in [3.8, 4) is 0 Å². The van der Waals surface area contributed by atoms with E-state index in [1.165, 1.54) is 0 Å². The smallest absolute Gasteiger partial charge is 0.0977 e. The normalized spacial score (nSPS) is 49.2. The molecule has 0 aromatic carbocycles. The van der Waals surface area contributed by atoms with E-state index in [9.17, 15) is 10.2 Å². The fraction of sp³-hybridized carbons (Fsp3) is 1.00. The van der Waals surface area contributed by atoms with Crippen molar-refractivity contribution >= 4 is 0 Å². The lowest BCUT2D eigenvalue weighted by Crippen LogP contribution is -2.62. The molecule has 12 heavy (non-hydrogen) atoms. The number of aliphatic hydroxyl groups excluding tert-OH is 2. The highest BCUT2D eigenvalue weighted by Gasteiger charge is 2.41. The molecular weight excluding hydrogens is 156 g/mol. The third kappa shape index (κ3) is 1.15. The number of hydrogen-bond acceptors (Lipinski definition) is 4. The first-order valence-corrected chi connectivity index (χ1v) is 4.56. The molecule has 2 heterocycles. The SMILES string of the molecule is N[C@H]1[C@H](O)[C@@H](O)CN2CCC[C@H]12. The van der Waals surface area contributed by atoms with E-state index in [2.05, 4.69) is 4.90 Å². The van der Waals surface area contributed by atoms with E-state index in [0.29, 0.717) is 12.6 Å². The Labute approximate surface area is 72.0 Å². The summed E-state index contributed by atoms with van der Waals surface area (Å²) in [5.41, 5.74) is 5.80. The van der Waals surface area contributed by atoms with Crippen LogP contribution < -0.4 is 5.73 Å². The number of nitrogens with two attached hydrogens (primary N) is 1. The van der Waals surface area contributed by atoms with Crippen LogP contribution >= 0.6 is 0 Å². The highest BCUT2D eigenvalue weighted by atomic mass is 16.3. The lowest BCUT2D eigenvalue weighted by Gasteiger charge is -2.40. The minimum Gasteiger partial charge on any atom is -0.389 e. The maximum absolute atomic E-state index is 9.49. The van der Waals surface area contributed by atoms with Crippen molar-refractivity contribution in [3.63, 3.8) is 0 Å². The lowest BCUT2D eigenvalue weighted by molar-refractivity contribution is -0.0632. The van der Waals surface area contributed by atoms with Crippen LogP contribution in [0.3, 0.4) is 0 Å². The van der Waals surface area contributed by atoms with E-state index in [1.807, 2.05) is 0 Å². The maximum atomic E-state index is 9.49. The first-order valence-electron chi connectivity index (χ1n) is 4.56. The van der Waals surface area contributed by atoms with E-state index in [-0.39, 0.29) is 6.04 Å². The van der Waals surface area contributed by atoms with Crippen LogP contribution in [0.4, 0.5) is 0 Å². The number of fused-ring (bicyclic) bond motifs is 1. The van der Waals surface area contributed by atoms with Crippen LogP contribution in [0.5, 0.6) is 0 Å². The van der Waals surface area contributed by atoms with Gasteiger partial charge in [-0.2, -0.15) is 0 Å². The van der Waals surface area contributed by atoms with Gasteiger partial charge in [-0.1, -0.05) is 0 Å². The summed E-state index contributed by atoms with van der Waals surface area (Å²) < 4.78 is 0. The van der Waals surface area contributed by atoms with Crippen LogP contribution in [0.15, 0.2) is 0 Å². The number of piperidine rings is 1. The van der Waals surface area contributed by atoms with Gasteiger partial charge in [0.05, 0.1) is 12.2 Å². The highest BCUT2D eigenvalue weighted by molar-refractivity contribution is 4.99. The van der Waals surface area contributed by atoms with Gasteiger partial charge in [-0.05, 0) is 19.4 Å². The average molecular weight is 172 g/mol. The van der Waals surface area contributed by atoms with Gasteiger partial charge in [0.1, 0.15) is 0 Å². The molecule has 0 aromatic heterocycles. The van der Waals surface area contributed by atoms with E-state index >= 15 is 0 Å². The zero-order valence-corrected chi connectivity index (χ0v) is 7.06. The van der Waals surface area contributed by atoms with Crippen molar-refractivity contribution in [3.05, 3.63) is 0 Å². The van der Waals surface area contributed by atoms with Gasteiger partial charge in [-0.3, -0.25) is 4.90 Å². The van der Waals surface area contributed by atoms with Gasteiger partial charge in [-0.25, -0.2) is 0 Å². The zero-order valence-electron chi connectivity index (χ0n) is 7.06. The van der Waals surface area contributed by atoms with Crippen LogP contribution in [0.2, 0.25) is 0 Å². The summed E-state index contributed by atoms with van der Waals surface area (Å²) in [7, 11) is 0. The number of nitrogens with zero attached hydrogens (tertiary/aromatic N) is 1. The van der Waals surface area contributed by atoms with E-state index in [4.69, 9.17) is 5.73 Å². The van der Waals surface area contributed by atoms with E-state index in [0.717, 1.165) is 19.4 Å². The molecule has 2 aliphatic rings. The standard InChI is InChI=1S/C8H16N2O2/c9-7-5-2-1-3-10(5)4-6(11)8(7)12/h5-8,11-12H,1-4,9H2/t5-,6+,7-,8-/m1/s1. The van der Waals surface area contributed by atoms with Crippen LogP contribution in [-0.4, -0.2) is 52.5 Å². The molecule has 4 N–H and O–H groups in total. The van der Waals surface area contributed by atoms with Crippen molar-refractivity contribution in [1.29, 1.82) is 0 Å². The molecule has 2 aliphatic heterocycles. The molecule has 0 radical (unpaired) electrons. The molecule has 0 spiro atoms. The molecule has 0 saturated carbocycles. The summed E-state index contributed by atoms with van der Waals surface area (Å²) in [4.78, 5) is 2.18. The summed E-state index contributed by atoms with van der Waals surface area (Å²) in [6, 6.07) is 0.0275. The summed E-state index contributed by atoms with van der Waals surface area (Å²) in [5, 5.41) is 18.9. The molecule has 0 bridgehead atoms. The molecule has 2 saturated heterocycles. The van der Waals surface area contributed by atoms with Crippen LogP contribution in [0, 0.1) is 0 Å². The van der Waals surface area contributed by atoms with Crippen LogP contribution in [0.1, 0.15) is 12.8 Å². The molecule has 70 valence electrons. The third-order valence-electron chi connectivity index (χ3n) is 3.07. The summed E-state index contributed by atoms with van der Waals surface area (Å²) in [6.07, 6.45) is 0.807. The molecule has 0 unspecified atom stereocenters. The molecule has 2 fully saturated rings. The Balaban J connectivity index is 2.10. The third-order valence-corrected chi connectivity index (χ3v) is 3.07. The van der Waals surface area contributed by atoms with E-state index in [1.54, 1.807) is 0 Å². The largest absolute Gasteiger partial charge is 0.389 e. The van der Waals surface area contributed by atoms with Gasteiger partial charge < -0.3 is 15.9 Å². The minimum atomic E-state index is -0.732. The topological polar surface area (TPSA) is 69.7 Å². The minimum absolute atomic E-state index is 0.267. The van der Waals surface area contributed by atoms with Crippen LogP contribution in [-0.2, 0) is 0 Å². The second kappa shape index (κ2) is 2.96. The Morgan fingerprint density at radius 2 is 2.08 bits per heavy atom. The predicted octanol–water partition coefficient (Wildman–Crippen LogP) is -1.49. The average Bonchev–Trinajstić information content (AvgIpc) is 2.48. The second-order valence-corrected chi connectivity index (χ2v) is 3.84. The molecule has 0 amide bonds. The van der Waals surface area contributed by atoms with Gasteiger partial charge in [0.2, 0.25) is 0 Å². The number of hydrogen-bond donors (Lipinski definition) is 3. The zero-order chi connectivity index (χ0) is 8.72. The van der Waals surface area contributed by atoms with Crippen molar-refractivity contribution in [2.75, 3.05) is 13.1 Å². The molecule has 4 atom stereocenters. The summed E-state index contributed by atoms with van der Waals surface area (Å²) >= 11 is 0. The van der Waals surface area contributed by atoms with Crippen molar-refractivity contribution < 1.29 is 10.2 Å². The lowest BCUT2D eigenvalue weighted by atomic mass is 9.93. The molecule has 4 heteroatoms. The van der Waals surface area contributed by atoms with Gasteiger partial charge >= 0.3 is 0 Å². The Bertz CT molecular complexity index is 176. The molecule has 0 aromatic rings. The number of rotatable bonds is 0. The number of aliphatic hydroxyl groups is 2. The Kier molecular flexibility index (Phi) is 2.08. The van der Waals surface area contributed by atoms with Gasteiger partial charge in [-0.15, -0.1) is 0 Å². The Morgan fingerprint density at radius 1 is 1.33 bits per heavy atom. The fourth-order valence-electron chi connectivity index (χ4n) is 2.35. The van der Waals surface area contributed by atoms with E-state index < -0.39 is 12.2 Å². The van der Waals surface area contributed by atoms with Crippen molar-refractivity contribution in [1.82, 2.24) is 4.90 Å². The molecule has 0 aliphatic carbocycles. The monoisotopic (exact) mass is 172 g/mol. The highest BCUT2D eigenvalue weighted by Crippen LogP contribution is 2.26. The Morgan fingerprint density at radius 3 is 2.83 bits per heavy atom. The maximum Gasteiger partial charge on any atom is 0.0977 e. The predicted molar refractivity (Wildman–Crippen MR) is 44.6 cm³/mol. The van der Waals surface area contributed by atoms with Crippen molar-refractivity contribution in [2.24, 2.45) is 5.73 Å². The summed E-state index contributed by atoms with van der Waals surface area (Å²) in [5.74, 6) is 0. The fourth-order valence-corrected chi connectivity index (χ4v) is 2.35. The quantitative estimate of drug-likeness (QED) is 0.416. The first-order chi connectivity index (χ1) is 5.70. The van der Waals surface area contributed by atoms with Crippen molar-refractivity contribution in [2.45, 2.75) is 37.1 Å². The molecule has 4 nitrogen and oxygen atoms in total. The van der Waals surface area contributed by atoms with Gasteiger partial charge in [0.15, 0.2) is 0 Å². The second-order valence-electron chi connectivity index (χ2n) is 3.84. The Hall–Kier alpha value is -0.160. The van der Waals surface area contributed by atoms with Gasteiger partial charge in [0, 0.05) is 18.6 Å². The van der Waals surface area contributed by atoms with Gasteiger partial charge in [0.25, 0.3) is 0 Å². The molecule has 2 rings (SSSR count). The first kappa shape index (κ1) is 8.44. The summed E-state index contributed by atoms with van der Waals surface area (Å²) in [6.45, 7) is 1.60.